The van der Waals surface area contributed by atoms with E-state index in [0.29, 0.717) is 12.2 Å². The van der Waals surface area contributed by atoms with E-state index in [9.17, 15) is 14.7 Å². The molecule has 0 aromatic carbocycles. The first kappa shape index (κ1) is 20.9. The summed E-state index contributed by atoms with van der Waals surface area (Å²) in [6.45, 7) is 2.15. The number of allylic oxidation sites excluding steroid dienone is 1. The molecule has 0 aromatic heterocycles. The second kappa shape index (κ2) is 12.2. The molecule has 0 amide bonds. The zero-order valence-corrected chi connectivity index (χ0v) is 15.1. The molecule has 0 saturated heterocycles. The first-order valence-electron chi connectivity index (χ1n) is 9.65. The van der Waals surface area contributed by atoms with E-state index in [1.54, 1.807) is 0 Å². The number of carboxylic acids is 1. The quantitative estimate of drug-likeness (QED) is 0.383. The molecule has 0 aromatic rings. The van der Waals surface area contributed by atoms with Gasteiger partial charge in [0.15, 0.2) is 0 Å². The van der Waals surface area contributed by atoms with Crippen molar-refractivity contribution in [2.24, 2.45) is 11.8 Å². The standard InChI is InChI=1S/C20H34O4/c1-2-3-6-9-17(21)14-12-16-13-15-19(22)18(16)10-7-4-5-8-11-20(23)24/h12,14,16-18,21H,2-11,13,15H2,1H3,(H,23,24)/t16-,17+,18+/m0/s1. The highest BCUT2D eigenvalue weighted by Gasteiger charge is 2.32. The summed E-state index contributed by atoms with van der Waals surface area (Å²) < 4.78 is 0. The first-order chi connectivity index (χ1) is 11.5. The second-order valence-electron chi connectivity index (χ2n) is 7.07. The van der Waals surface area contributed by atoms with Crippen molar-refractivity contribution in [3.05, 3.63) is 12.2 Å². The molecule has 0 bridgehead atoms. The summed E-state index contributed by atoms with van der Waals surface area (Å²) in [5.41, 5.74) is 0. The van der Waals surface area contributed by atoms with Crippen molar-refractivity contribution in [1.82, 2.24) is 0 Å². The van der Waals surface area contributed by atoms with Gasteiger partial charge in [0.05, 0.1) is 6.10 Å². The van der Waals surface area contributed by atoms with Crippen molar-refractivity contribution in [3.8, 4) is 0 Å². The molecule has 3 atom stereocenters. The van der Waals surface area contributed by atoms with Gasteiger partial charge < -0.3 is 10.2 Å². The molecule has 1 rings (SSSR count). The van der Waals surface area contributed by atoms with Crippen LogP contribution in [0.15, 0.2) is 12.2 Å². The van der Waals surface area contributed by atoms with E-state index in [1.807, 2.05) is 6.08 Å². The normalized spacial score (nSPS) is 22.3. The van der Waals surface area contributed by atoms with Crippen molar-refractivity contribution in [1.29, 1.82) is 0 Å². The van der Waals surface area contributed by atoms with Crippen LogP contribution in [0, 0.1) is 11.8 Å². The molecule has 0 aliphatic heterocycles. The van der Waals surface area contributed by atoms with Gasteiger partial charge in [-0.15, -0.1) is 0 Å². The predicted molar refractivity (Wildman–Crippen MR) is 95.8 cm³/mol. The lowest BCUT2D eigenvalue weighted by Crippen LogP contribution is -2.14. The van der Waals surface area contributed by atoms with Crippen LogP contribution >= 0.6 is 0 Å². The number of Topliss-reactive ketones (excluding diaryl/α,β-unsaturated/α-hetero) is 1. The Labute approximate surface area is 146 Å². The van der Waals surface area contributed by atoms with Crippen molar-refractivity contribution in [2.45, 2.75) is 90.1 Å². The Hall–Kier alpha value is -1.16. The number of unbranched alkanes of at least 4 members (excludes halogenated alkanes) is 5. The highest BCUT2D eigenvalue weighted by Crippen LogP contribution is 2.34. The minimum Gasteiger partial charge on any atom is -0.481 e. The number of aliphatic hydroxyl groups excluding tert-OH is 1. The van der Waals surface area contributed by atoms with E-state index in [-0.39, 0.29) is 24.4 Å². The summed E-state index contributed by atoms with van der Waals surface area (Å²) in [6, 6.07) is 0. The Balaban J connectivity index is 2.28. The largest absolute Gasteiger partial charge is 0.481 e. The summed E-state index contributed by atoms with van der Waals surface area (Å²) >= 11 is 0. The summed E-state index contributed by atoms with van der Waals surface area (Å²) in [5.74, 6) is 0.000218. The molecule has 138 valence electrons. The SMILES string of the molecule is CCCCC[C@@H](O)C=C[C@H]1CCC(=O)[C@@H]1CCCCCCC(=O)O. The van der Waals surface area contributed by atoms with Crippen LogP contribution in [0.4, 0.5) is 0 Å². The van der Waals surface area contributed by atoms with Gasteiger partial charge in [-0.1, -0.05) is 57.6 Å². The Morgan fingerprint density at radius 3 is 2.67 bits per heavy atom. The number of aliphatic hydroxyl groups is 1. The van der Waals surface area contributed by atoms with Crippen LogP contribution in [-0.4, -0.2) is 28.1 Å². The zero-order valence-electron chi connectivity index (χ0n) is 15.1. The fraction of sp³-hybridized carbons (Fsp3) is 0.800. The first-order valence-corrected chi connectivity index (χ1v) is 9.65. The van der Waals surface area contributed by atoms with E-state index >= 15 is 0 Å². The topological polar surface area (TPSA) is 74.6 Å². The fourth-order valence-electron chi connectivity index (χ4n) is 3.50. The number of carbonyl (C=O) groups excluding carboxylic acids is 1. The van der Waals surface area contributed by atoms with E-state index in [2.05, 4.69) is 13.0 Å². The van der Waals surface area contributed by atoms with Crippen LogP contribution in [0.5, 0.6) is 0 Å². The van der Waals surface area contributed by atoms with Gasteiger partial charge in [0.25, 0.3) is 0 Å². The van der Waals surface area contributed by atoms with Gasteiger partial charge in [-0.2, -0.15) is 0 Å². The highest BCUT2D eigenvalue weighted by molar-refractivity contribution is 5.83. The highest BCUT2D eigenvalue weighted by atomic mass is 16.4. The molecule has 0 spiro atoms. The molecule has 0 radical (unpaired) electrons. The van der Waals surface area contributed by atoms with Crippen molar-refractivity contribution < 1.29 is 19.8 Å². The number of rotatable bonds is 13. The molecule has 1 aliphatic carbocycles. The number of hydrogen-bond donors (Lipinski definition) is 2. The smallest absolute Gasteiger partial charge is 0.303 e. The Morgan fingerprint density at radius 1 is 1.21 bits per heavy atom. The number of aliphatic carboxylic acids is 1. The summed E-state index contributed by atoms with van der Waals surface area (Å²) in [5, 5.41) is 18.6. The number of ketones is 1. The molecular weight excluding hydrogens is 304 g/mol. The van der Waals surface area contributed by atoms with Crippen LogP contribution in [0.3, 0.4) is 0 Å². The zero-order chi connectivity index (χ0) is 17.8. The van der Waals surface area contributed by atoms with Crippen molar-refractivity contribution in [3.63, 3.8) is 0 Å². The van der Waals surface area contributed by atoms with E-state index in [1.165, 1.54) is 0 Å². The average Bonchev–Trinajstić information content (AvgIpc) is 2.89. The molecule has 2 N–H and O–H groups in total. The maximum Gasteiger partial charge on any atom is 0.303 e. The summed E-state index contributed by atoms with van der Waals surface area (Å²) in [7, 11) is 0. The maximum absolute atomic E-state index is 12.1. The fourth-order valence-corrected chi connectivity index (χ4v) is 3.50. The molecule has 0 heterocycles. The van der Waals surface area contributed by atoms with Gasteiger partial charge in [0, 0.05) is 18.8 Å². The second-order valence-corrected chi connectivity index (χ2v) is 7.07. The van der Waals surface area contributed by atoms with E-state index in [4.69, 9.17) is 5.11 Å². The lowest BCUT2D eigenvalue weighted by Gasteiger charge is -2.15. The third kappa shape index (κ3) is 8.62. The minimum atomic E-state index is -0.733. The van der Waals surface area contributed by atoms with Gasteiger partial charge in [-0.3, -0.25) is 9.59 Å². The van der Waals surface area contributed by atoms with Gasteiger partial charge >= 0.3 is 5.97 Å². The Bertz CT molecular complexity index is 402. The molecule has 1 aliphatic rings. The van der Waals surface area contributed by atoms with Crippen molar-refractivity contribution in [2.75, 3.05) is 0 Å². The number of carbonyl (C=O) groups is 2. The lowest BCUT2D eigenvalue weighted by molar-refractivity contribution is -0.137. The maximum atomic E-state index is 12.1. The van der Waals surface area contributed by atoms with Crippen LogP contribution in [0.25, 0.3) is 0 Å². The van der Waals surface area contributed by atoms with Crippen LogP contribution in [-0.2, 0) is 9.59 Å². The van der Waals surface area contributed by atoms with Crippen molar-refractivity contribution >= 4 is 11.8 Å². The monoisotopic (exact) mass is 338 g/mol. The third-order valence-electron chi connectivity index (χ3n) is 4.99. The van der Waals surface area contributed by atoms with Crippen LogP contribution in [0.1, 0.15) is 84.0 Å². The molecule has 1 fully saturated rings. The summed E-state index contributed by atoms with van der Waals surface area (Å²) in [6.07, 6.45) is 14.0. The number of carboxylic acid groups (broad SMARTS) is 1. The number of hydrogen-bond acceptors (Lipinski definition) is 3. The van der Waals surface area contributed by atoms with Gasteiger partial charge in [0.1, 0.15) is 5.78 Å². The molecule has 1 saturated carbocycles. The van der Waals surface area contributed by atoms with Crippen LogP contribution in [0.2, 0.25) is 0 Å². The van der Waals surface area contributed by atoms with Crippen LogP contribution < -0.4 is 0 Å². The third-order valence-corrected chi connectivity index (χ3v) is 4.99. The molecule has 4 nitrogen and oxygen atoms in total. The van der Waals surface area contributed by atoms with Gasteiger partial charge in [-0.25, -0.2) is 0 Å². The van der Waals surface area contributed by atoms with Gasteiger partial charge in [0.2, 0.25) is 0 Å². The molecular formula is C20H34O4. The lowest BCUT2D eigenvalue weighted by atomic mass is 9.89. The van der Waals surface area contributed by atoms with E-state index < -0.39 is 5.97 Å². The van der Waals surface area contributed by atoms with Gasteiger partial charge in [-0.05, 0) is 31.6 Å². The average molecular weight is 338 g/mol. The predicted octanol–water partition coefficient (Wildman–Crippen LogP) is 4.50. The molecule has 4 heteroatoms. The molecule has 24 heavy (non-hydrogen) atoms. The van der Waals surface area contributed by atoms with E-state index in [0.717, 1.165) is 64.2 Å². The summed E-state index contributed by atoms with van der Waals surface area (Å²) in [4.78, 5) is 22.5. The Morgan fingerprint density at radius 2 is 1.96 bits per heavy atom. The minimum absolute atomic E-state index is 0.101. The Kier molecular flexibility index (Phi) is 10.6. The molecule has 0 unspecified atom stereocenters.